The molecule has 1 unspecified atom stereocenters. The monoisotopic (exact) mass is 317 g/mol. The molecule has 1 atom stereocenters. The van der Waals surface area contributed by atoms with Crippen molar-refractivity contribution in [3.8, 4) is 5.75 Å². The number of rotatable bonds is 7. The van der Waals surface area contributed by atoms with Gasteiger partial charge in [-0.15, -0.1) is 0 Å². The zero-order valence-corrected chi connectivity index (χ0v) is 13.4. The predicted molar refractivity (Wildman–Crippen MR) is 89.1 cm³/mol. The molecule has 1 aromatic carbocycles. The fourth-order valence-corrected chi connectivity index (χ4v) is 2.68. The van der Waals surface area contributed by atoms with Crippen LogP contribution in [0.25, 0.3) is 6.08 Å². The lowest BCUT2D eigenvalue weighted by Gasteiger charge is -2.18. The maximum atomic E-state index is 11.9. The van der Waals surface area contributed by atoms with Crippen LogP contribution in [0.1, 0.15) is 17.2 Å². The standard InChI is InChI=1S/C17H19NO3S/c1-20-15-6-4-3-5-14(15)16(21-2)11-18-17(19)8-7-13-9-10-22-12-13/h3-10,12,16H,11H2,1-2H3,(H,18,19)/b8-7+. The molecule has 22 heavy (non-hydrogen) atoms. The number of nitrogens with one attached hydrogen (secondary N) is 1. The quantitative estimate of drug-likeness (QED) is 0.797. The summed E-state index contributed by atoms with van der Waals surface area (Å²) in [5, 5.41) is 6.80. The number of amides is 1. The summed E-state index contributed by atoms with van der Waals surface area (Å²) in [5.74, 6) is 0.598. The Labute approximate surface area is 134 Å². The summed E-state index contributed by atoms with van der Waals surface area (Å²) in [5.41, 5.74) is 1.93. The van der Waals surface area contributed by atoms with Crippen molar-refractivity contribution in [1.82, 2.24) is 5.32 Å². The molecule has 2 aromatic rings. The van der Waals surface area contributed by atoms with Crippen LogP contribution >= 0.6 is 11.3 Å². The molecule has 0 aliphatic rings. The highest BCUT2D eigenvalue weighted by Crippen LogP contribution is 2.26. The average molecular weight is 317 g/mol. The van der Waals surface area contributed by atoms with Crippen LogP contribution < -0.4 is 10.1 Å². The minimum atomic E-state index is -0.255. The van der Waals surface area contributed by atoms with Gasteiger partial charge in [-0.05, 0) is 34.5 Å². The normalized spacial score (nSPS) is 12.3. The molecule has 0 aliphatic carbocycles. The van der Waals surface area contributed by atoms with Crippen molar-refractivity contribution >= 4 is 23.3 Å². The van der Waals surface area contributed by atoms with E-state index in [9.17, 15) is 4.79 Å². The van der Waals surface area contributed by atoms with Crippen LogP contribution in [0.15, 0.2) is 47.2 Å². The molecule has 1 heterocycles. The van der Waals surface area contributed by atoms with Crippen molar-refractivity contribution in [3.63, 3.8) is 0 Å². The first-order valence-corrected chi connectivity index (χ1v) is 7.82. The second-order valence-corrected chi connectivity index (χ2v) is 5.38. The number of hydrogen-bond donors (Lipinski definition) is 1. The van der Waals surface area contributed by atoms with Gasteiger partial charge < -0.3 is 14.8 Å². The molecule has 4 nitrogen and oxygen atoms in total. The fraction of sp³-hybridized carbons (Fsp3) is 0.235. The summed E-state index contributed by atoms with van der Waals surface area (Å²) in [4.78, 5) is 11.9. The van der Waals surface area contributed by atoms with Crippen molar-refractivity contribution in [2.75, 3.05) is 20.8 Å². The largest absolute Gasteiger partial charge is 0.496 e. The fourth-order valence-electron chi connectivity index (χ4n) is 2.05. The molecule has 1 aromatic heterocycles. The van der Waals surface area contributed by atoms with Crippen molar-refractivity contribution < 1.29 is 14.3 Å². The summed E-state index contributed by atoms with van der Waals surface area (Å²) >= 11 is 1.60. The maximum absolute atomic E-state index is 11.9. The molecule has 2 rings (SSSR count). The summed E-state index contributed by atoms with van der Waals surface area (Å²) in [6, 6.07) is 9.58. The molecule has 0 bridgehead atoms. The first kappa shape index (κ1) is 16.3. The Morgan fingerprint density at radius 1 is 1.32 bits per heavy atom. The molecule has 0 saturated heterocycles. The summed E-state index contributed by atoms with van der Waals surface area (Å²) in [7, 11) is 3.23. The van der Waals surface area contributed by atoms with Crippen molar-refractivity contribution in [1.29, 1.82) is 0 Å². The van der Waals surface area contributed by atoms with E-state index >= 15 is 0 Å². The molecule has 0 spiro atoms. The van der Waals surface area contributed by atoms with E-state index in [0.717, 1.165) is 16.9 Å². The van der Waals surface area contributed by atoms with Crippen LogP contribution in [0.5, 0.6) is 5.75 Å². The van der Waals surface area contributed by atoms with Gasteiger partial charge in [-0.1, -0.05) is 18.2 Å². The molecular weight excluding hydrogens is 298 g/mol. The van der Waals surface area contributed by atoms with Gasteiger partial charge in [0.2, 0.25) is 5.91 Å². The van der Waals surface area contributed by atoms with Crippen molar-refractivity contribution in [3.05, 3.63) is 58.3 Å². The average Bonchev–Trinajstić information content (AvgIpc) is 3.07. The smallest absolute Gasteiger partial charge is 0.244 e. The van der Waals surface area contributed by atoms with Gasteiger partial charge in [0, 0.05) is 25.3 Å². The molecule has 1 amide bonds. The number of thiophene rings is 1. The van der Waals surface area contributed by atoms with E-state index in [1.807, 2.05) is 41.1 Å². The number of benzene rings is 1. The summed E-state index contributed by atoms with van der Waals surface area (Å²) in [6.45, 7) is 0.379. The van der Waals surface area contributed by atoms with Gasteiger partial charge in [-0.25, -0.2) is 0 Å². The van der Waals surface area contributed by atoms with Gasteiger partial charge in [0.1, 0.15) is 11.9 Å². The Kier molecular flexibility index (Phi) is 6.18. The third-order valence-corrected chi connectivity index (χ3v) is 3.90. The van der Waals surface area contributed by atoms with Gasteiger partial charge in [-0.3, -0.25) is 4.79 Å². The van der Waals surface area contributed by atoms with Gasteiger partial charge in [0.05, 0.1) is 7.11 Å². The molecule has 0 radical (unpaired) electrons. The van der Waals surface area contributed by atoms with Crippen LogP contribution in [-0.2, 0) is 9.53 Å². The molecular formula is C17H19NO3S. The summed E-state index contributed by atoms with van der Waals surface area (Å²) < 4.78 is 10.8. The van der Waals surface area contributed by atoms with E-state index in [1.54, 1.807) is 31.6 Å². The van der Waals surface area contributed by atoms with Gasteiger partial charge in [0.25, 0.3) is 0 Å². The van der Waals surface area contributed by atoms with E-state index in [4.69, 9.17) is 9.47 Å². The molecule has 116 valence electrons. The number of carbonyl (C=O) groups is 1. The first-order valence-electron chi connectivity index (χ1n) is 6.88. The van der Waals surface area contributed by atoms with Crippen LogP contribution in [0, 0.1) is 0 Å². The molecule has 1 N–H and O–H groups in total. The van der Waals surface area contributed by atoms with E-state index in [2.05, 4.69) is 5.32 Å². The maximum Gasteiger partial charge on any atom is 0.244 e. The molecule has 0 saturated carbocycles. The van der Waals surface area contributed by atoms with E-state index in [1.165, 1.54) is 6.08 Å². The van der Waals surface area contributed by atoms with E-state index < -0.39 is 0 Å². The van der Waals surface area contributed by atoms with Crippen molar-refractivity contribution in [2.24, 2.45) is 0 Å². The topological polar surface area (TPSA) is 47.6 Å². The number of para-hydroxylation sites is 1. The zero-order valence-electron chi connectivity index (χ0n) is 12.6. The minimum Gasteiger partial charge on any atom is -0.496 e. The Morgan fingerprint density at radius 3 is 2.82 bits per heavy atom. The minimum absolute atomic E-state index is 0.150. The number of methoxy groups -OCH3 is 2. The third kappa shape index (κ3) is 4.44. The van der Waals surface area contributed by atoms with Crippen LogP contribution in [0.4, 0.5) is 0 Å². The van der Waals surface area contributed by atoms with Gasteiger partial charge >= 0.3 is 0 Å². The Hall–Kier alpha value is -2.11. The second kappa shape index (κ2) is 8.36. The van der Waals surface area contributed by atoms with Crippen LogP contribution in [0.3, 0.4) is 0 Å². The molecule has 5 heteroatoms. The van der Waals surface area contributed by atoms with E-state index in [-0.39, 0.29) is 12.0 Å². The van der Waals surface area contributed by atoms with Gasteiger partial charge in [0.15, 0.2) is 0 Å². The molecule has 0 fully saturated rings. The lowest BCUT2D eigenvalue weighted by molar-refractivity contribution is -0.117. The van der Waals surface area contributed by atoms with Crippen molar-refractivity contribution in [2.45, 2.75) is 6.10 Å². The predicted octanol–water partition coefficient (Wildman–Crippen LogP) is 3.27. The molecule has 0 aliphatic heterocycles. The lowest BCUT2D eigenvalue weighted by Crippen LogP contribution is -2.27. The number of ether oxygens (including phenoxy) is 2. The Balaban J connectivity index is 1.94. The first-order chi connectivity index (χ1) is 10.7. The number of carbonyl (C=O) groups excluding carboxylic acids is 1. The Bertz CT molecular complexity index is 623. The number of hydrogen-bond acceptors (Lipinski definition) is 4. The Morgan fingerprint density at radius 2 is 2.14 bits per heavy atom. The van der Waals surface area contributed by atoms with Gasteiger partial charge in [-0.2, -0.15) is 11.3 Å². The zero-order chi connectivity index (χ0) is 15.8. The summed E-state index contributed by atoms with van der Waals surface area (Å²) in [6.07, 6.45) is 3.06. The highest BCUT2D eigenvalue weighted by Gasteiger charge is 2.15. The second-order valence-electron chi connectivity index (χ2n) is 4.60. The van der Waals surface area contributed by atoms with Crippen LogP contribution in [-0.4, -0.2) is 26.7 Å². The highest BCUT2D eigenvalue weighted by atomic mass is 32.1. The highest BCUT2D eigenvalue weighted by molar-refractivity contribution is 7.08. The van der Waals surface area contributed by atoms with E-state index in [0.29, 0.717) is 6.54 Å². The lowest BCUT2D eigenvalue weighted by atomic mass is 10.1. The third-order valence-electron chi connectivity index (χ3n) is 3.20. The van der Waals surface area contributed by atoms with Crippen LogP contribution in [0.2, 0.25) is 0 Å². The SMILES string of the molecule is COc1ccccc1C(CNC(=O)/C=C/c1ccsc1)OC.